The van der Waals surface area contributed by atoms with Crippen molar-refractivity contribution >= 4 is 23.6 Å². The van der Waals surface area contributed by atoms with Gasteiger partial charge >= 0.3 is 0 Å². The predicted octanol–water partition coefficient (Wildman–Crippen LogP) is -2.09. The van der Waals surface area contributed by atoms with Crippen LogP contribution in [-0.4, -0.2) is 92.2 Å². The van der Waals surface area contributed by atoms with Crippen LogP contribution >= 0.6 is 0 Å². The molecule has 5 heterocycles. The smallest absolute Gasteiger partial charge is 0.222 e. The quantitative estimate of drug-likeness (QED) is 0.538. The fraction of sp³-hybridized carbons (Fsp3) is 0.733. The Balaban J connectivity index is 1.98. The Labute approximate surface area is 145 Å². The Morgan fingerprint density at radius 1 is 0.600 bits per heavy atom. The second-order valence-corrected chi connectivity index (χ2v) is 7.08. The first-order chi connectivity index (χ1) is 11.7. The van der Waals surface area contributed by atoms with E-state index in [9.17, 15) is 19.2 Å². The fourth-order valence-corrected chi connectivity index (χ4v) is 5.09. The van der Waals surface area contributed by atoms with Gasteiger partial charge in [-0.2, -0.15) is 0 Å². The molecule has 0 aromatic carbocycles. The molecule has 0 radical (unpaired) electrons. The highest BCUT2D eigenvalue weighted by atomic mass is 16.2. The molecule has 6 bridgehead atoms. The number of carbonyl (C=O) groups excluding carboxylic acids is 4. The average Bonchev–Trinajstić information content (AvgIpc) is 2.92. The molecule has 10 nitrogen and oxygen atoms in total. The van der Waals surface area contributed by atoms with Crippen LogP contribution in [0.25, 0.3) is 0 Å². The van der Waals surface area contributed by atoms with Crippen LogP contribution in [0.2, 0.25) is 0 Å². The fourth-order valence-electron chi connectivity index (χ4n) is 5.09. The molecule has 10 heteroatoms. The molecule has 0 saturated carbocycles. The largest absolute Gasteiger partial charge is 0.299 e. The molecule has 5 rings (SSSR count). The lowest BCUT2D eigenvalue weighted by atomic mass is 10.1. The van der Waals surface area contributed by atoms with Crippen LogP contribution in [0.1, 0.15) is 27.7 Å². The van der Waals surface area contributed by atoms with E-state index in [2.05, 4.69) is 5.32 Å². The molecular weight excluding hydrogens is 328 g/mol. The maximum absolute atomic E-state index is 12.4. The lowest BCUT2D eigenvalue weighted by Gasteiger charge is -2.48. The molecule has 0 spiro atoms. The first kappa shape index (κ1) is 16.3. The van der Waals surface area contributed by atoms with Crippen molar-refractivity contribution in [3.05, 3.63) is 0 Å². The molecule has 0 aliphatic carbocycles. The highest BCUT2D eigenvalue weighted by Gasteiger charge is 2.71. The number of nitrogens with one attached hydrogen (secondary N) is 1. The highest BCUT2D eigenvalue weighted by molar-refractivity contribution is 5.83. The Morgan fingerprint density at radius 3 is 1.20 bits per heavy atom. The number of piperazine rings is 1. The van der Waals surface area contributed by atoms with E-state index in [4.69, 9.17) is 0 Å². The van der Waals surface area contributed by atoms with E-state index in [1.165, 1.54) is 27.7 Å². The van der Waals surface area contributed by atoms with Gasteiger partial charge in [-0.15, -0.1) is 0 Å². The van der Waals surface area contributed by atoms with Gasteiger partial charge in [0.05, 0.1) is 0 Å². The van der Waals surface area contributed by atoms with E-state index in [0.717, 1.165) is 0 Å². The molecule has 4 amide bonds. The van der Waals surface area contributed by atoms with Gasteiger partial charge in [0.25, 0.3) is 0 Å². The zero-order chi connectivity index (χ0) is 18.4. The van der Waals surface area contributed by atoms with Gasteiger partial charge in [0.2, 0.25) is 23.6 Å². The minimum atomic E-state index is -0.703. The topological polar surface area (TPSA) is 96.5 Å². The lowest BCUT2D eigenvalue weighted by Crippen LogP contribution is -2.73. The average molecular weight is 350 g/mol. The molecule has 136 valence electrons. The van der Waals surface area contributed by atoms with Crippen molar-refractivity contribution in [3.8, 4) is 0 Å². The number of hydrogen-bond acceptors (Lipinski definition) is 6. The third kappa shape index (κ3) is 1.75. The van der Waals surface area contributed by atoms with Crippen molar-refractivity contribution in [2.75, 3.05) is 7.05 Å². The van der Waals surface area contributed by atoms with Crippen LogP contribution in [-0.2, 0) is 19.2 Å². The first-order valence-corrected chi connectivity index (χ1v) is 8.32. The first-order valence-electron chi connectivity index (χ1n) is 8.32. The summed E-state index contributed by atoms with van der Waals surface area (Å²) in [5.41, 5.74) is 0. The van der Waals surface area contributed by atoms with Crippen molar-refractivity contribution in [2.24, 2.45) is 0 Å². The monoisotopic (exact) mass is 350 g/mol. The van der Waals surface area contributed by atoms with Gasteiger partial charge < -0.3 is 0 Å². The predicted molar refractivity (Wildman–Crippen MR) is 83.7 cm³/mol. The van der Waals surface area contributed by atoms with Gasteiger partial charge in [0.1, 0.15) is 37.0 Å². The van der Waals surface area contributed by atoms with Crippen LogP contribution < -0.4 is 5.32 Å². The zero-order valence-electron chi connectivity index (χ0n) is 14.8. The number of rotatable bonds is 0. The molecule has 25 heavy (non-hydrogen) atoms. The molecular formula is C15H22N6O4. The number of amides is 4. The summed E-state index contributed by atoms with van der Waals surface area (Å²) in [7, 11) is 1.83. The Morgan fingerprint density at radius 2 is 0.920 bits per heavy atom. The Kier molecular flexibility index (Phi) is 3.20. The SMILES string of the molecule is CC(=O)N1C2NC3C4N(C)C2N(C(C)=O)C1C(N3C(C)=O)N4C(C)=O. The number of nitrogens with zero attached hydrogens (tertiary/aromatic N) is 5. The summed E-state index contributed by atoms with van der Waals surface area (Å²) in [6, 6.07) is 0. The molecule has 6 atom stereocenters. The van der Waals surface area contributed by atoms with E-state index >= 15 is 0 Å². The summed E-state index contributed by atoms with van der Waals surface area (Å²) in [5.74, 6) is -0.809. The van der Waals surface area contributed by atoms with Crippen LogP contribution in [0, 0.1) is 0 Å². The molecule has 5 aliphatic heterocycles. The summed E-state index contributed by atoms with van der Waals surface area (Å²) >= 11 is 0. The molecule has 5 saturated heterocycles. The maximum Gasteiger partial charge on any atom is 0.222 e. The van der Waals surface area contributed by atoms with Gasteiger partial charge in [-0.3, -0.25) is 49.0 Å². The molecule has 5 aliphatic rings. The minimum absolute atomic E-state index is 0.199. The summed E-state index contributed by atoms with van der Waals surface area (Å²) in [6.45, 7) is 5.78. The number of carbonyl (C=O) groups is 4. The maximum atomic E-state index is 12.4. The summed E-state index contributed by atoms with van der Waals surface area (Å²) in [4.78, 5) is 58.0. The summed E-state index contributed by atoms with van der Waals surface area (Å²) < 4.78 is 0. The summed E-state index contributed by atoms with van der Waals surface area (Å²) in [5, 5.41) is 3.34. The van der Waals surface area contributed by atoms with E-state index < -0.39 is 24.7 Å². The zero-order valence-corrected chi connectivity index (χ0v) is 14.8. The lowest BCUT2D eigenvalue weighted by molar-refractivity contribution is -0.152. The van der Waals surface area contributed by atoms with Crippen molar-refractivity contribution in [1.82, 2.24) is 29.8 Å². The third-order valence-electron chi connectivity index (χ3n) is 5.77. The van der Waals surface area contributed by atoms with E-state index in [1.54, 1.807) is 19.6 Å². The van der Waals surface area contributed by atoms with Gasteiger partial charge in [-0.1, -0.05) is 0 Å². The van der Waals surface area contributed by atoms with Crippen LogP contribution in [0.5, 0.6) is 0 Å². The molecule has 5 fully saturated rings. The van der Waals surface area contributed by atoms with Crippen LogP contribution in [0.15, 0.2) is 0 Å². The normalized spacial score (nSPS) is 38.6. The highest BCUT2D eigenvalue weighted by Crippen LogP contribution is 2.47. The van der Waals surface area contributed by atoms with Crippen molar-refractivity contribution in [1.29, 1.82) is 0 Å². The van der Waals surface area contributed by atoms with Crippen LogP contribution in [0.4, 0.5) is 0 Å². The second-order valence-electron chi connectivity index (χ2n) is 7.08. The van der Waals surface area contributed by atoms with E-state index in [1.807, 2.05) is 11.9 Å². The Bertz CT molecular complexity index is 642. The van der Waals surface area contributed by atoms with Gasteiger partial charge in [-0.25, -0.2) is 0 Å². The van der Waals surface area contributed by atoms with Crippen molar-refractivity contribution in [3.63, 3.8) is 0 Å². The van der Waals surface area contributed by atoms with Gasteiger partial charge in [0.15, 0.2) is 0 Å². The number of hydrogen-bond donors (Lipinski definition) is 1. The van der Waals surface area contributed by atoms with Crippen LogP contribution in [0.3, 0.4) is 0 Å². The molecule has 6 unspecified atom stereocenters. The molecule has 1 N–H and O–H groups in total. The van der Waals surface area contributed by atoms with E-state index in [-0.39, 0.29) is 36.0 Å². The van der Waals surface area contributed by atoms with Gasteiger partial charge in [-0.05, 0) is 7.05 Å². The number of likely N-dealkylation sites (N-methyl/N-ethyl adjacent to an activating group) is 1. The van der Waals surface area contributed by atoms with E-state index in [0.29, 0.717) is 0 Å². The van der Waals surface area contributed by atoms with Gasteiger partial charge in [0, 0.05) is 27.7 Å². The van der Waals surface area contributed by atoms with Crippen molar-refractivity contribution in [2.45, 2.75) is 64.7 Å². The van der Waals surface area contributed by atoms with Crippen molar-refractivity contribution < 1.29 is 19.2 Å². The standard InChI is InChI=1S/C15H22N6O4/c1-6(22)18-10-12-17(5)13-11(16-10)19(7(2)23)15(21(13)9(4)25)14(18)20(12)8(3)24/h10-16H,1-5H3. The molecule has 0 aromatic rings. The Hall–Kier alpha value is -2.20. The summed E-state index contributed by atoms with van der Waals surface area (Å²) in [6.07, 6.45) is -3.00. The third-order valence-corrected chi connectivity index (χ3v) is 5.77. The molecule has 0 aromatic heterocycles. The minimum Gasteiger partial charge on any atom is -0.299 e. The second kappa shape index (κ2) is 4.92.